The summed E-state index contributed by atoms with van der Waals surface area (Å²) >= 11 is 12.3. The molecule has 1 aromatic carbocycles. The number of aliphatic hydroxyl groups is 1. The Morgan fingerprint density at radius 1 is 1.27 bits per heavy atom. The molecule has 33 heavy (non-hydrogen) atoms. The third-order valence-electron chi connectivity index (χ3n) is 5.37. The van der Waals surface area contributed by atoms with Crippen LogP contribution in [0.1, 0.15) is 28.7 Å². The summed E-state index contributed by atoms with van der Waals surface area (Å²) in [6, 6.07) is 8.74. The average molecular weight is 483 g/mol. The molecule has 4 N–H and O–H groups in total. The van der Waals surface area contributed by atoms with E-state index in [9.17, 15) is 10.4 Å². The highest BCUT2D eigenvalue weighted by molar-refractivity contribution is 6.35. The van der Waals surface area contributed by atoms with Gasteiger partial charge in [0.25, 0.3) is 0 Å². The molecule has 3 heterocycles. The number of β-amino-alcohol motifs (C(OH)–C–C–N with tert-alkyl or cyclic N) is 1. The second-order valence-electron chi connectivity index (χ2n) is 7.59. The summed E-state index contributed by atoms with van der Waals surface area (Å²) in [7, 11) is 0. The lowest BCUT2D eigenvalue weighted by molar-refractivity contribution is 0.198. The van der Waals surface area contributed by atoms with Crippen LogP contribution >= 0.6 is 23.2 Å². The van der Waals surface area contributed by atoms with Crippen LogP contribution in [0.4, 0.5) is 11.5 Å². The Kier molecular flexibility index (Phi) is 6.65. The molecule has 1 fully saturated rings. The average Bonchev–Trinajstić information content (AvgIpc) is 3.24. The van der Waals surface area contributed by atoms with Crippen LogP contribution in [0.3, 0.4) is 0 Å². The van der Waals surface area contributed by atoms with Crippen molar-refractivity contribution in [2.75, 3.05) is 23.7 Å². The molecule has 2 aromatic heterocycles. The third kappa shape index (κ3) is 4.86. The molecule has 1 saturated heterocycles. The number of anilines is 2. The van der Waals surface area contributed by atoms with Gasteiger partial charge in [-0.15, -0.1) is 0 Å². The van der Waals surface area contributed by atoms with Gasteiger partial charge in [0.05, 0.1) is 27.4 Å². The highest BCUT2D eigenvalue weighted by Crippen LogP contribution is 2.28. The molecular weight excluding hydrogens is 463 g/mol. The summed E-state index contributed by atoms with van der Waals surface area (Å²) in [5, 5.41) is 28.9. The molecule has 168 valence electrons. The fraction of sp³-hybridized carbons (Fsp3) is 0.217. The van der Waals surface area contributed by atoms with Gasteiger partial charge in [-0.05, 0) is 30.7 Å². The maximum atomic E-state index is 9.79. The zero-order chi connectivity index (χ0) is 23.5. The molecule has 1 aliphatic rings. The topological polar surface area (TPSA) is 132 Å². The summed E-state index contributed by atoms with van der Waals surface area (Å²) in [5.41, 5.74) is 8.44. The minimum atomic E-state index is -0.434. The number of pyridine rings is 2. The number of halogens is 2. The van der Waals surface area contributed by atoms with Crippen molar-refractivity contribution in [3.63, 3.8) is 0 Å². The van der Waals surface area contributed by atoms with E-state index in [4.69, 9.17) is 39.1 Å². The van der Waals surface area contributed by atoms with Crippen molar-refractivity contribution >= 4 is 40.4 Å². The molecule has 1 unspecified atom stereocenters. The number of nitrogens with zero attached hydrogens (tertiary/aromatic N) is 4. The Morgan fingerprint density at radius 3 is 2.70 bits per heavy atom. The molecule has 0 saturated carbocycles. The van der Waals surface area contributed by atoms with Gasteiger partial charge in [0.15, 0.2) is 0 Å². The number of aromatic nitrogens is 2. The van der Waals surface area contributed by atoms with Crippen LogP contribution in [0.2, 0.25) is 10.0 Å². The normalized spacial score (nSPS) is 15.3. The Balaban J connectivity index is 1.57. The van der Waals surface area contributed by atoms with Crippen molar-refractivity contribution in [2.45, 2.75) is 19.1 Å². The zero-order valence-corrected chi connectivity index (χ0v) is 18.9. The maximum absolute atomic E-state index is 9.79. The van der Waals surface area contributed by atoms with Crippen LogP contribution in [-0.2, 0) is 6.61 Å². The SMILES string of the molecule is N#Cc1cc(C(=N)c2cc(OCc3c(Cl)cncc3Cl)ccc2N)cnc1N1CCC(O)C1. The van der Waals surface area contributed by atoms with Gasteiger partial charge in [0.2, 0.25) is 0 Å². The van der Waals surface area contributed by atoms with Gasteiger partial charge in [-0.1, -0.05) is 23.2 Å². The largest absolute Gasteiger partial charge is 0.489 e. The highest BCUT2D eigenvalue weighted by Gasteiger charge is 2.24. The van der Waals surface area contributed by atoms with E-state index in [0.717, 1.165) is 0 Å². The fourth-order valence-corrected chi connectivity index (χ4v) is 4.07. The first-order chi connectivity index (χ1) is 15.9. The number of nitrogens with two attached hydrogens (primary N) is 1. The Bertz CT molecular complexity index is 1240. The Morgan fingerprint density at radius 2 is 2.03 bits per heavy atom. The fourth-order valence-electron chi connectivity index (χ4n) is 3.59. The lowest BCUT2D eigenvalue weighted by Crippen LogP contribution is -2.23. The molecule has 1 aliphatic heterocycles. The van der Waals surface area contributed by atoms with Crippen LogP contribution in [0.25, 0.3) is 0 Å². The lowest BCUT2D eigenvalue weighted by atomic mass is 10.0. The van der Waals surface area contributed by atoms with E-state index in [2.05, 4.69) is 16.0 Å². The lowest BCUT2D eigenvalue weighted by Gasteiger charge is -2.18. The highest BCUT2D eigenvalue weighted by atomic mass is 35.5. The number of aliphatic hydroxyl groups excluding tert-OH is 1. The Labute approximate surface area is 200 Å². The number of benzene rings is 1. The van der Waals surface area contributed by atoms with E-state index in [-0.39, 0.29) is 12.3 Å². The summed E-state index contributed by atoms with van der Waals surface area (Å²) < 4.78 is 5.83. The van der Waals surface area contributed by atoms with Gasteiger partial charge >= 0.3 is 0 Å². The van der Waals surface area contributed by atoms with Crippen LogP contribution in [0.15, 0.2) is 42.9 Å². The van der Waals surface area contributed by atoms with Gasteiger partial charge in [-0.3, -0.25) is 10.4 Å². The van der Waals surface area contributed by atoms with E-state index < -0.39 is 6.10 Å². The number of rotatable bonds is 6. The monoisotopic (exact) mass is 482 g/mol. The van der Waals surface area contributed by atoms with Crippen molar-refractivity contribution in [1.29, 1.82) is 10.7 Å². The molecule has 3 aromatic rings. The first kappa shape index (κ1) is 22.8. The van der Waals surface area contributed by atoms with E-state index in [1.807, 2.05) is 4.90 Å². The molecular formula is C23H20Cl2N6O2. The van der Waals surface area contributed by atoms with Crippen molar-refractivity contribution in [1.82, 2.24) is 9.97 Å². The van der Waals surface area contributed by atoms with Crippen LogP contribution in [0, 0.1) is 16.7 Å². The van der Waals surface area contributed by atoms with Crippen molar-refractivity contribution in [3.8, 4) is 11.8 Å². The van der Waals surface area contributed by atoms with E-state index in [0.29, 0.717) is 69.1 Å². The van der Waals surface area contributed by atoms with Crippen LogP contribution in [0.5, 0.6) is 5.75 Å². The quantitative estimate of drug-likeness (QED) is 0.359. The van der Waals surface area contributed by atoms with Gasteiger partial charge in [0, 0.05) is 54.1 Å². The van der Waals surface area contributed by atoms with Crippen molar-refractivity contribution in [3.05, 3.63) is 75.2 Å². The molecule has 10 heteroatoms. The number of hydrogen-bond donors (Lipinski definition) is 3. The first-order valence-corrected chi connectivity index (χ1v) is 10.9. The third-order valence-corrected chi connectivity index (χ3v) is 6.02. The minimum Gasteiger partial charge on any atom is -0.489 e. The molecule has 0 spiro atoms. The van der Waals surface area contributed by atoms with Gasteiger partial charge in [-0.2, -0.15) is 5.26 Å². The summed E-state index contributed by atoms with van der Waals surface area (Å²) in [5.74, 6) is 0.978. The number of hydrogen-bond acceptors (Lipinski definition) is 8. The van der Waals surface area contributed by atoms with Crippen molar-refractivity contribution < 1.29 is 9.84 Å². The van der Waals surface area contributed by atoms with Crippen molar-refractivity contribution in [2.24, 2.45) is 0 Å². The van der Waals surface area contributed by atoms with Gasteiger partial charge in [-0.25, -0.2) is 4.98 Å². The molecule has 0 radical (unpaired) electrons. The second-order valence-corrected chi connectivity index (χ2v) is 8.40. The Hall–Kier alpha value is -3.38. The number of nitrogens with one attached hydrogen (secondary N) is 1. The summed E-state index contributed by atoms with van der Waals surface area (Å²) in [6.07, 6.45) is 4.71. The van der Waals surface area contributed by atoms with E-state index in [1.165, 1.54) is 18.6 Å². The smallest absolute Gasteiger partial charge is 0.146 e. The molecule has 0 bridgehead atoms. The number of nitrogen functional groups attached to an aromatic ring is 1. The molecule has 0 aliphatic carbocycles. The molecule has 4 rings (SSSR count). The summed E-state index contributed by atoms with van der Waals surface area (Å²) in [6.45, 7) is 1.17. The second kappa shape index (κ2) is 9.63. The summed E-state index contributed by atoms with van der Waals surface area (Å²) in [4.78, 5) is 10.2. The van der Waals surface area contributed by atoms with Crippen LogP contribution < -0.4 is 15.4 Å². The first-order valence-electron chi connectivity index (χ1n) is 10.1. The predicted molar refractivity (Wildman–Crippen MR) is 127 cm³/mol. The number of nitriles is 1. The molecule has 1 atom stereocenters. The van der Waals surface area contributed by atoms with E-state index in [1.54, 1.807) is 24.3 Å². The predicted octanol–water partition coefficient (Wildman–Crippen LogP) is 3.80. The van der Waals surface area contributed by atoms with Gasteiger partial charge < -0.3 is 20.5 Å². The van der Waals surface area contributed by atoms with Gasteiger partial charge in [0.1, 0.15) is 24.2 Å². The number of ether oxygens (including phenoxy) is 1. The molecule has 0 amide bonds. The van der Waals surface area contributed by atoms with E-state index >= 15 is 0 Å². The molecule has 8 nitrogen and oxygen atoms in total. The van der Waals surface area contributed by atoms with Crippen LogP contribution in [-0.4, -0.2) is 40.0 Å². The maximum Gasteiger partial charge on any atom is 0.146 e. The zero-order valence-electron chi connectivity index (χ0n) is 17.4. The standard InChI is InChI=1S/C23H20Cl2N6O2/c24-19-9-29-10-20(25)18(19)12-33-16-1-2-21(27)17(6-16)22(28)14-5-13(7-26)23(30-8-14)31-4-3-15(32)11-31/h1-2,5-6,8-10,15,28,32H,3-4,11-12,27H2. The minimum absolute atomic E-state index is 0.106.